The van der Waals surface area contributed by atoms with E-state index in [-0.39, 0.29) is 13.2 Å². The minimum Gasteiger partial charge on any atom is -0.363 e. The van der Waals surface area contributed by atoms with Crippen LogP contribution >= 0.6 is 0 Å². The van der Waals surface area contributed by atoms with Gasteiger partial charge in [0.25, 0.3) is 0 Å². The van der Waals surface area contributed by atoms with E-state index in [1.54, 1.807) is 18.2 Å². The molecule has 6 heteroatoms. The molecule has 1 aromatic heterocycles. The number of ether oxygens (including phenoxy) is 1. The zero-order valence-corrected chi connectivity index (χ0v) is 8.79. The molecule has 0 saturated carbocycles. The molecular weight excluding hydrogens is 221 g/mol. The summed E-state index contributed by atoms with van der Waals surface area (Å²) in [5.74, 6) is 0. The summed E-state index contributed by atoms with van der Waals surface area (Å²) in [6.45, 7) is 1.05. The fraction of sp³-hybridized carbons (Fsp3) is 0.500. The number of hydrogen-bond acceptors (Lipinski definition) is 3. The number of aromatic nitrogens is 1. The molecular formula is C10H13F3N2O. The van der Waals surface area contributed by atoms with E-state index >= 15 is 0 Å². The third-order valence-electron chi connectivity index (χ3n) is 2.02. The Hall–Kier alpha value is -1.14. The van der Waals surface area contributed by atoms with Gasteiger partial charge in [0.05, 0.1) is 18.0 Å². The van der Waals surface area contributed by atoms with Gasteiger partial charge in [0.15, 0.2) is 6.10 Å². The van der Waals surface area contributed by atoms with Gasteiger partial charge in [0.1, 0.15) is 0 Å². The third-order valence-corrected chi connectivity index (χ3v) is 2.02. The van der Waals surface area contributed by atoms with Crippen molar-refractivity contribution in [3.05, 3.63) is 29.6 Å². The third kappa shape index (κ3) is 3.79. The van der Waals surface area contributed by atoms with E-state index < -0.39 is 12.3 Å². The van der Waals surface area contributed by atoms with Crippen LogP contribution in [0.4, 0.5) is 13.2 Å². The highest BCUT2D eigenvalue weighted by Crippen LogP contribution is 2.22. The Bertz CT molecular complexity index is 341. The maximum absolute atomic E-state index is 12.1. The number of hydrogen-bond donors (Lipinski definition) is 1. The summed E-state index contributed by atoms with van der Waals surface area (Å²) in [6.07, 6.45) is -6.14. The SMILES string of the molecule is CC(OCc1cccc(CN)n1)C(F)(F)F. The Morgan fingerprint density at radius 2 is 2.00 bits per heavy atom. The Balaban J connectivity index is 2.54. The first-order chi connectivity index (χ1) is 7.43. The lowest BCUT2D eigenvalue weighted by atomic mass is 10.3. The summed E-state index contributed by atoms with van der Waals surface area (Å²) < 4.78 is 41.1. The number of rotatable bonds is 4. The van der Waals surface area contributed by atoms with Crippen molar-refractivity contribution in [1.29, 1.82) is 0 Å². The van der Waals surface area contributed by atoms with Crippen molar-refractivity contribution in [3.8, 4) is 0 Å². The van der Waals surface area contributed by atoms with Crippen molar-refractivity contribution in [3.63, 3.8) is 0 Å². The van der Waals surface area contributed by atoms with E-state index in [0.29, 0.717) is 11.4 Å². The van der Waals surface area contributed by atoms with Gasteiger partial charge < -0.3 is 10.5 Å². The smallest absolute Gasteiger partial charge is 0.363 e. The van der Waals surface area contributed by atoms with Crippen molar-refractivity contribution in [1.82, 2.24) is 4.98 Å². The first kappa shape index (κ1) is 12.9. The molecule has 0 aliphatic heterocycles. The quantitative estimate of drug-likeness (QED) is 0.866. The summed E-state index contributed by atoms with van der Waals surface area (Å²) in [6, 6.07) is 4.99. The predicted molar refractivity (Wildman–Crippen MR) is 52.4 cm³/mol. The van der Waals surface area contributed by atoms with Crippen LogP contribution in [0.1, 0.15) is 18.3 Å². The highest BCUT2D eigenvalue weighted by atomic mass is 19.4. The second-order valence-corrected chi connectivity index (χ2v) is 3.32. The molecule has 1 aromatic rings. The maximum Gasteiger partial charge on any atom is 0.414 e. The molecule has 0 fully saturated rings. The van der Waals surface area contributed by atoms with Crippen LogP contribution < -0.4 is 5.73 Å². The van der Waals surface area contributed by atoms with Crippen LogP contribution in [0.3, 0.4) is 0 Å². The molecule has 0 bridgehead atoms. The summed E-state index contributed by atoms with van der Waals surface area (Å²) in [7, 11) is 0. The van der Waals surface area contributed by atoms with Crippen LogP contribution in [-0.2, 0) is 17.9 Å². The number of nitrogens with two attached hydrogens (primary N) is 1. The average Bonchev–Trinajstić information content (AvgIpc) is 2.25. The van der Waals surface area contributed by atoms with Gasteiger partial charge in [-0.15, -0.1) is 0 Å². The van der Waals surface area contributed by atoms with E-state index in [4.69, 9.17) is 5.73 Å². The molecule has 0 amide bonds. The average molecular weight is 234 g/mol. The Morgan fingerprint density at radius 1 is 1.38 bits per heavy atom. The Morgan fingerprint density at radius 3 is 2.56 bits per heavy atom. The van der Waals surface area contributed by atoms with Gasteiger partial charge >= 0.3 is 6.18 Å². The molecule has 0 spiro atoms. The lowest BCUT2D eigenvalue weighted by molar-refractivity contribution is -0.217. The zero-order chi connectivity index (χ0) is 12.2. The largest absolute Gasteiger partial charge is 0.414 e. The molecule has 0 aliphatic carbocycles. The van der Waals surface area contributed by atoms with E-state index in [1.807, 2.05) is 0 Å². The fourth-order valence-electron chi connectivity index (χ4n) is 1.03. The molecule has 0 radical (unpaired) electrons. The van der Waals surface area contributed by atoms with Crippen molar-refractivity contribution < 1.29 is 17.9 Å². The normalized spacial score (nSPS) is 13.8. The second-order valence-electron chi connectivity index (χ2n) is 3.32. The predicted octanol–water partition coefficient (Wildman–Crippen LogP) is 2.01. The van der Waals surface area contributed by atoms with Crippen LogP contribution in [0.5, 0.6) is 0 Å². The molecule has 16 heavy (non-hydrogen) atoms. The molecule has 1 rings (SSSR count). The van der Waals surface area contributed by atoms with Gasteiger partial charge in [-0.1, -0.05) is 6.07 Å². The number of pyridine rings is 1. The molecule has 0 aliphatic rings. The van der Waals surface area contributed by atoms with E-state index in [1.165, 1.54) is 0 Å². The topological polar surface area (TPSA) is 48.1 Å². The summed E-state index contributed by atoms with van der Waals surface area (Å²) >= 11 is 0. The minimum absolute atomic E-state index is 0.172. The van der Waals surface area contributed by atoms with Crippen molar-refractivity contribution in [2.24, 2.45) is 5.73 Å². The maximum atomic E-state index is 12.1. The van der Waals surface area contributed by atoms with E-state index in [0.717, 1.165) is 6.92 Å². The Labute approximate surface area is 91.4 Å². The van der Waals surface area contributed by atoms with E-state index in [2.05, 4.69) is 9.72 Å². The van der Waals surface area contributed by atoms with Crippen molar-refractivity contribution >= 4 is 0 Å². The molecule has 0 aromatic carbocycles. The Kier molecular flexibility index (Phi) is 4.26. The molecule has 3 nitrogen and oxygen atoms in total. The van der Waals surface area contributed by atoms with Gasteiger partial charge in [-0.25, -0.2) is 0 Å². The molecule has 0 saturated heterocycles. The lowest BCUT2D eigenvalue weighted by Gasteiger charge is -2.16. The van der Waals surface area contributed by atoms with Crippen molar-refractivity contribution in [2.45, 2.75) is 32.4 Å². The first-order valence-electron chi connectivity index (χ1n) is 4.76. The van der Waals surface area contributed by atoms with Gasteiger partial charge in [0, 0.05) is 6.54 Å². The first-order valence-corrected chi connectivity index (χ1v) is 4.76. The zero-order valence-electron chi connectivity index (χ0n) is 8.79. The molecule has 1 heterocycles. The number of halogens is 3. The monoisotopic (exact) mass is 234 g/mol. The molecule has 1 atom stereocenters. The van der Waals surface area contributed by atoms with Crippen molar-refractivity contribution in [2.75, 3.05) is 0 Å². The van der Waals surface area contributed by atoms with Gasteiger partial charge in [-0.2, -0.15) is 13.2 Å². The standard InChI is InChI=1S/C10H13F3N2O/c1-7(10(11,12)13)16-6-9-4-2-3-8(5-14)15-9/h2-4,7H,5-6,14H2,1H3. The van der Waals surface area contributed by atoms with Gasteiger partial charge in [0.2, 0.25) is 0 Å². The lowest BCUT2D eigenvalue weighted by Crippen LogP contribution is -2.28. The van der Waals surface area contributed by atoms with Crippen LogP contribution in [0.2, 0.25) is 0 Å². The molecule has 90 valence electrons. The van der Waals surface area contributed by atoms with Gasteiger partial charge in [-0.3, -0.25) is 4.98 Å². The number of nitrogens with zero attached hydrogens (tertiary/aromatic N) is 1. The van der Waals surface area contributed by atoms with Crippen LogP contribution in [-0.4, -0.2) is 17.3 Å². The minimum atomic E-state index is -4.34. The summed E-state index contributed by atoms with van der Waals surface area (Å²) in [4.78, 5) is 4.03. The summed E-state index contributed by atoms with van der Waals surface area (Å²) in [5, 5.41) is 0. The number of alkyl halides is 3. The molecule has 1 unspecified atom stereocenters. The summed E-state index contributed by atoms with van der Waals surface area (Å²) in [5.41, 5.74) is 6.43. The second kappa shape index (κ2) is 5.27. The highest BCUT2D eigenvalue weighted by molar-refractivity contribution is 5.10. The van der Waals surface area contributed by atoms with E-state index in [9.17, 15) is 13.2 Å². The van der Waals surface area contributed by atoms with Crippen LogP contribution in [0.15, 0.2) is 18.2 Å². The highest BCUT2D eigenvalue weighted by Gasteiger charge is 2.36. The fourth-order valence-corrected chi connectivity index (χ4v) is 1.03. The van der Waals surface area contributed by atoms with Crippen LogP contribution in [0.25, 0.3) is 0 Å². The van der Waals surface area contributed by atoms with Crippen LogP contribution in [0, 0.1) is 0 Å². The van der Waals surface area contributed by atoms with Gasteiger partial charge in [-0.05, 0) is 19.1 Å². The molecule has 2 N–H and O–H groups in total.